The normalized spacial score (nSPS) is 17.5. The van der Waals surface area contributed by atoms with Crippen molar-refractivity contribution in [2.75, 3.05) is 4.90 Å². The Bertz CT molecular complexity index is 1190. The van der Waals surface area contributed by atoms with Crippen LogP contribution >= 0.6 is 0 Å². The molecule has 4 heteroatoms. The summed E-state index contributed by atoms with van der Waals surface area (Å²) in [5.74, 6) is -0.895. The van der Waals surface area contributed by atoms with Crippen molar-refractivity contribution in [2.45, 2.75) is 32.4 Å². The number of hydrogen-bond donors (Lipinski definition) is 1. The number of hydrogen-bond acceptors (Lipinski definition) is 2. The molecule has 0 aliphatic carbocycles. The van der Waals surface area contributed by atoms with E-state index in [0.717, 1.165) is 22.4 Å². The van der Waals surface area contributed by atoms with E-state index in [0.29, 0.717) is 5.69 Å². The molecule has 0 unspecified atom stereocenters. The second-order valence-corrected chi connectivity index (χ2v) is 8.87. The Balaban J connectivity index is 1.72. The molecule has 0 aromatic heterocycles. The van der Waals surface area contributed by atoms with Crippen LogP contribution < -0.4 is 10.2 Å². The first-order valence-electron chi connectivity index (χ1n) is 10.1. The summed E-state index contributed by atoms with van der Waals surface area (Å²) in [6, 6.07) is 21.3. The number of anilines is 1. The Morgan fingerprint density at radius 2 is 1.67 bits per heavy atom. The number of amides is 1. The summed E-state index contributed by atoms with van der Waals surface area (Å²) in [6.45, 7) is 6.56. The minimum atomic E-state index is -0.510. The van der Waals surface area contributed by atoms with E-state index in [1.54, 1.807) is 6.07 Å². The average molecular weight is 398 g/mol. The molecular weight excluding hydrogens is 375 g/mol. The third-order valence-corrected chi connectivity index (χ3v) is 5.89. The number of fused-ring (bicyclic) bond motifs is 5. The lowest BCUT2D eigenvalue weighted by Gasteiger charge is -2.43. The molecular formula is C26H23FN2O. The third kappa shape index (κ3) is 2.83. The van der Waals surface area contributed by atoms with Crippen LogP contribution in [-0.2, 0) is 5.41 Å². The van der Waals surface area contributed by atoms with Gasteiger partial charge in [0.2, 0.25) is 0 Å². The van der Waals surface area contributed by atoms with Gasteiger partial charge >= 0.3 is 0 Å². The van der Waals surface area contributed by atoms with Gasteiger partial charge in [-0.15, -0.1) is 0 Å². The van der Waals surface area contributed by atoms with Gasteiger partial charge in [-0.2, -0.15) is 0 Å². The summed E-state index contributed by atoms with van der Waals surface area (Å²) >= 11 is 0. The van der Waals surface area contributed by atoms with Crippen molar-refractivity contribution in [3.63, 3.8) is 0 Å². The molecule has 30 heavy (non-hydrogen) atoms. The summed E-state index contributed by atoms with van der Waals surface area (Å²) in [5, 5.41) is 3.01. The molecule has 3 aromatic rings. The topological polar surface area (TPSA) is 32.3 Å². The summed E-state index contributed by atoms with van der Waals surface area (Å²) < 4.78 is 14.6. The van der Waals surface area contributed by atoms with Crippen LogP contribution in [0, 0.1) is 5.82 Å². The number of carbonyl (C=O) groups excluding carboxylic acids is 1. The van der Waals surface area contributed by atoms with Crippen LogP contribution in [-0.4, -0.2) is 5.91 Å². The van der Waals surface area contributed by atoms with E-state index in [-0.39, 0.29) is 23.1 Å². The highest BCUT2D eigenvalue weighted by Crippen LogP contribution is 2.45. The fourth-order valence-electron chi connectivity index (χ4n) is 4.30. The third-order valence-electron chi connectivity index (χ3n) is 5.89. The van der Waals surface area contributed by atoms with Crippen LogP contribution in [0.5, 0.6) is 0 Å². The molecule has 2 heterocycles. The average Bonchev–Trinajstić information content (AvgIpc) is 2.72. The van der Waals surface area contributed by atoms with E-state index >= 15 is 0 Å². The van der Waals surface area contributed by atoms with Gasteiger partial charge in [-0.3, -0.25) is 4.79 Å². The van der Waals surface area contributed by atoms with Gasteiger partial charge in [0.05, 0.1) is 16.9 Å². The van der Waals surface area contributed by atoms with E-state index in [1.165, 1.54) is 11.6 Å². The van der Waals surface area contributed by atoms with Gasteiger partial charge in [0.1, 0.15) is 12.0 Å². The van der Waals surface area contributed by atoms with Crippen molar-refractivity contribution >= 4 is 23.4 Å². The highest BCUT2D eigenvalue weighted by Gasteiger charge is 2.38. The number of rotatable bonds is 1. The zero-order chi connectivity index (χ0) is 21.0. The SMILES string of the molecule is CC(C)(C)c1ccc(C2=Cc3ccccc3[C@H]3NC(=O)c4c(F)cccc4N23)cc1. The van der Waals surface area contributed by atoms with Crippen molar-refractivity contribution in [2.24, 2.45) is 0 Å². The lowest BCUT2D eigenvalue weighted by molar-refractivity contribution is 0.0925. The molecule has 0 bridgehead atoms. The van der Waals surface area contributed by atoms with Gasteiger partial charge in [0.15, 0.2) is 0 Å². The second-order valence-electron chi connectivity index (χ2n) is 8.87. The highest BCUT2D eigenvalue weighted by molar-refractivity contribution is 6.07. The van der Waals surface area contributed by atoms with Gasteiger partial charge < -0.3 is 10.2 Å². The van der Waals surface area contributed by atoms with E-state index in [1.807, 2.05) is 35.2 Å². The van der Waals surface area contributed by atoms with Crippen LogP contribution in [0.2, 0.25) is 0 Å². The van der Waals surface area contributed by atoms with E-state index in [4.69, 9.17) is 0 Å². The molecule has 3 aromatic carbocycles. The van der Waals surface area contributed by atoms with E-state index < -0.39 is 5.82 Å². The van der Waals surface area contributed by atoms with Gasteiger partial charge in [-0.1, -0.05) is 75.4 Å². The Kier molecular flexibility index (Phi) is 4.07. The molecule has 0 spiro atoms. The number of benzene rings is 3. The molecule has 0 fully saturated rings. The van der Waals surface area contributed by atoms with Crippen LogP contribution in [0.15, 0.2) is 66.7 Å². The maximum absolute atomic E-state index is 14.6. The maximum Gasteiger partial charge on any atom is 0.258 e. The lowest BCUT2D eigenvalue weighted by Crippen LogP contribution is -2.47. The molecule has 1 atom stereocenters. The first-order chi connectivity index (χ1) is 14.3. The number of carbonyl (C=O) groups is 1. The standard InChI is InChI=1S/C26H23FN2O/c1-26(2,3)18-13-11-16(12-14-18)22-15-17-7-4-5-8-19(17)24-28-25(30)23-20(27)9-6-10-21(23)29(22)24/h4-15,24H,1-3H3,(H,28,30)/t24-/m0/s1. The summed E-state index contributed by atoms with van der Waals surface area (Å²) in [5.41, 5.74) is 5.99. The highest BCUT2D eigenvalue weighted by atomic mass is 19.1. The Morgan fingerprint density at radius 1 is 0.933 bits per heavy atom. The number of nitrogens with one attached hydrogen (secondary N) is 1. The van der Waals surface area contributed by atoms with Crippen LogP contribution in [0.25, 0.3) is 11.8 Å². The molecule has 0 radical (unpaired) electrons. The van der Waals surface area contributed by atoms with Crippen molar-refractivity contribution in [3.05, 3.63) is 100 Å². The summed E-state index contributed by atoms with van der Waals surface area (Å²) in [4.78, 5) is 14.8. The fraction of sp³-hybridized carbons (Fsp3) is 0.192. The van der Waals surface area contributed by atoms with Crippen LogP contribution in [0.1, 0.15) is 59.5 Å². The fourth-order valence-corrected chi connectivity index (χ4v) is 4.30. The molecule has 1 N–H and O–H groups in total. The summed E-state index contributed by atoms with van der Waals surface area (Å²) in [7, 11) is 0. The minimum absolute atomic E-state index is 0.0590. The molecule has 2 aliphatic heterocycles. The first kappa shape index (κ1) is 18.6. The number of nitrogens with zero attached hydrogens (tertiary/aromatic N) is 1. The van der Waals surface area contributed by atoms with Gasteiger partial charge in [-0.05, 0) is 40.3 Å². The molecule has 0 saturated heterocycles. The van der Waals surface area contributed by atoms with Crippen LogP contribution in [0.4, 0.5) is 10.1 Å². The first-order valence-corrected chi connectivity index (χ1v) is 10.1. The predicted octanol–water partition coefficient (Wildman–Crippen LogP) is 5.88. The molecule has 5 rings (SSSR count). The molecule has 150 valence electrons. The smallest absolute Gasteiger partial charge is 0.258 e. The van der Waals surface area contributed by atoms with Crippen LogP contribution in [0.3, 0.4) is 0 Å². The summed E-state index contributed by atoms with van der Waals surface area (Å²) in [6.07, 6.45) is 1.73. The van der Waals surface area contributed by atoms with Crippen molar-refractivity contribution in [1.82, 2.24) is 5.32 Å². The zero-order valence-corrected chi connectivity index (χ0v) is 17.2. The molecule has 0 saturated carbocycles. The van der Waals surface area contributed by atoms with Crippen molar-refractivity contribution < 1.29 is 9.18 Å². The van der Waals surface area contributed by atoms with Gasteiger partial charge in [0.25, 0.3) is 5.91 Å². The van der Waals surface area contributed by atoms with Gasteiger partial charge in [0, 0.05) is 5.56 Å². The quantitative estimate of drug-likeness (QED) is 0.555. The predicted molar refractivity (Wildman–Crippen MR) is 119 cm³/mol. The van der Waals surface area contributed by atoms with Crippen molar-refractivity contribution in [3.8, 4) is 0 Å². The van der Waals surface area contributed by atoms with Crippen molar-refractivity contribution in [1.29, 1.82) is 0 Å². The van der Waals surface area contributed by atoms with Gasteiger partial charge in [-0.25, -0.2) is 4.39 Å². The lowest BCUT2D eigenvalue weighted by atomic mass is 9.86. The molecule has 1 amide bonds. The largest absolute Gasteiger partial charge is 0.327 e. The monoisotopic (exact) mass is 398 g/mol. The Morgan fingerprint density at radius 3 is 2.40 bits per heavy atom. The Hall–Kier alpha value is -3.40. The number of halogens is 1. The molecule has 3 nitrogen and oxygen atoms in total. The van der Waals surface area contributed by atoms with E-state index in [2.05, 4.69) is 56.4 Å². The maximum atomic E-state index is 14.6. The zero-order valence-electron chi connectivity index (χ0n) is 17.2. The van der Waals surface area contributed by atoms with E-state index in [9.17, 15) is 9.18 Å². The Labute approximate surface area is 175 Å². The molecule has 2 aliphatic rings. The minimum Gasteiger partial charge on any atom is -0.327 e. The second kappa shape index (κ2) is 6.56.